The van der Waals surface area contributed by atoms with Gasteiger partial charge >= 0.3 is 0 Å². The molecule has 4 rings (SSSR count). The molecule has 0 fully saturated rings. The summed E-state index contributed by atoms with van der Waals surface area (Å²) < 4.78 is 5.71. The number of hydrogen-bond acceptors (Lipinski definition) is 2. The molecule has 0 atom stereocenters. The van der Waals surface area contributed by atoms with Crippen molar-refractivity contribution in [2.45, 2.75) is 0 Å². The maximum Gasteiger partial charge on any atom is 0.182 e. The second-order valence-electron chi connectivity index (χ2n) is 4.00. The van der Waals surface area contributed by atoms with Gasteiger partial charge < -0.3 is 0 Å². The van der Waals surface area contributed by atoms with E-state index in [0.717, 1.165) is 31.5 Å². The molecule has 0 aliphatic carbocycles. The first-order valence-corrected chi connectivity index (χ1v) is 6.92. The van der Waals surface area contributed by atoms with Crippen LogP contribution in [0.15, 0.2) is 45.9 Å². The van der Waals surface area contributed by atoms with Gasteiger partial charge in [-0.05, 0) is 44.0 Å². The standard InChI is InChI=1S/C12H6Br2N4/c13-9-5-17-7-3-1-2-4-8(7)18-6-10(14)16-12(18)11(17)15-9/h1-6H. The van der Waals surface area contributed by atoms with Crippen molar-refractivity contribution < 1.29 is 0 Å². The lowest BCUT2D eigenvalue weighted by Crippen LogP contribution is -1.95. The highest BCUT2D eigenvalue weighted by molar-refractivity contribution is 9.10. The fourth-order valence-corrected chi connectivity index (χ4v) is 3.00. The van der Waals surface area contributed by atoms with Crippen molar-refractivity contribution in [3.8, 4) is 0 Å². The molecule has 0 radical (unpaired) electrons. The van der Waals surface area contributed by atoms with Gasteiger partial charge in [0.25, 0.3) is 0 Å². The Balaban J connectivity index is 2.44. The molecule has 6 heteroatoms. The van der Waals surface area contributed by atoms with Crippen molar-refractivity contribution in [3.05, 3.63) is 45.9 Å². The van der Waals surface area contributed by atoms with Crippen LogP contribution in [0.3, 0.4) is 0 Å². The van der Waals surface area contributed by atoms with E-state index in [1.165, 1.54) is 0 Å². The van der Waals surface area contributed by atoms with Gasteiger partial charge in [0.05, 0.1) is 11.0 Å². The molecule has 1 aromatic carbocycles. The maximum atomic E-state index is 4.48. The zero-order valence-corrected chi connectivity index (χ0v) is 12.2. The van der Waals surface area contributed by atoms with Crippen LogP contribution in [0.25, 0.3) is 22.3 Å². The van der Waals surface area contributed by atoms with E-state index < -0.39 is 0 Å². The van der Waals surface area contributed by atoms with Crippen LogP contribution in [0.1, 0.15) is 0 Å². The number of fused-ring (bicyclic) bond motifs is 6. The SMILES string of the molecule is Brc1cn2c3ccccc3n3cc(Br)nc3c2n1. The Morgan fingerprint density at radius 2 is 1.22 bits per heavy atom. The first-order chi connectivity index (χ1) is 8.74. The third-order valence-corrected chi connectivity index (χ3v) is 3.72. The number of benzene rings is 1. The van der Waals surface area contributed by atoms with Crippen molar-refractivity contribution in [1.29, 1.82) is 0 Å². The van der Waals surface area contributed by atoms with Gasteiger partial charge in [0.1, 0.15) is 9.21 Å². The molecular formula is C12H6Br2N4. The van der Waals surface area contributed by atoms with Gasteiger partial charge in [0, 0.05) is 12.4 Å². The highest BCUT2D eigenvalue weighted by atomic mass is 79.9. The summed E-state index contributed by atoms with van der Waals surface area (Å²) in [6, 6.07) is 8.19. The van der Waals surface area contributed by atoms with Crippen LogP contribution in [0.4, 0.5) is 0 Å². The number of nitrogens with zero attached hydrogens (tertiary/aromatic N) is 4. The molecular weight excluding hydrogens is 360 g/mol. The number of imidazole rings is 2. The van der Waals surface area contributed by atoms with E-state index in [2.05, 4.69) is 54.0 Å². The van der Waals surface area contributed by atoms with Crippen LogP contribution in [-0.2, 0) is 0 Å². The fourth-order valence-electron chi connectivity index (χ4n) is 2.26. The molecule has 0 saturated heterocycles. The smallest absolute Gasteiger partial charge is 0.182 e. The Labute approximate surface area is 119 Å². The van der Waals surface area contributed by atoms with E-state index in [4.69, 9.17) is 0 Å². The third kappa shape index (κ3) is 1.30. The molecule has 0 spiro atoms. The summed E-state index contributed by atoms with van der Waals surface area (Å²) in [5.41, 5.74) is 3.88. The van der Waals surface area contributed by atoms with E-state index in [1.807, 2.05) is 33.3 Å². The van der Waals surface area contributed by atoms with Crippen LogP contribution in [0, 0.1) is 0 Å². The monoisotopic (exact) mass is 364 g/mol. The molecule has 0 N–H and O–H groups in total. The van der Waals surface area contributed by atoms with Crippen LogP contribution < -0.4 is 0 Å². The van der Waals surface area contributed by atoms with Gasteiger partial charge in [0.15, 0.2) is 11.3 Å². The maximum absolute atomic E-state index is 4.48. The Morgan fingerprint density at radius 1 is 0.778 bits per heavy atom. The number of aromatic nitrogens is 4. The van der Waals surface area contributed by atoms with E-state index in [9.17, 15) is 0 Å². The van der Waals surface area contributed by atoms with Gasteiger partial charge in [-0.3, -0.25) is 8.80 Å². The molecule has 0 bridgehead atoms. The zero-order chi connectivity index (χ0) is 12.3. The molecule has 3 heterocycles. The van der Waals surface area contributed by atoms with Gasteiger partial charge in [0.2, 0.25) is 0 Å². The van der Waals surface area contributed by atoms with Gasteiger partial charge in [-0.2, -0.15) is 0 Å². The fraction of sp³-hybridized carbons (Fsp3) is 0. The molecule has 4 nitrogen and oxygen atoms in total. The largest absolute Gasteiger partial charge is 0.294 e. The third-order valence-electron chi connectivity index (χ3n) is 2.95. The molecule has 0 unspecified atom stereocenters. The lowest BCUT2D eigenvalue weighted by atomic mass is 10.3. The van der Waals surface area contributed by atoms with Crippen molar-refractivity contribution in [1.82, 2.24) is 18.8 Å². The summed E-state index contributed by atoms with van der Waals surface area (Å²) in [4.78, 5) is 8.96. The number of hydrogen-bond donors (Lipinski definition) is 0. The van der Waals surface area contributed by atoms with Crippen LogP contribution in [0.2, 0.25) is 0 Å². The Kier molecular flexibility index (Phi) is 2.07. The van der Waals surface area contributed by atoms with E-state index in [0.29, 0.717) is 0 Å². The Morgan fingerprint density at radius 3 is 1.67 bits per heavy atom. The molecule has 4 aromatic rings. The Bertz CT molecular complexity index is 832. The number of para-hydroxylation sites is 2. The van der Waals surface area contributed by atoms with Gasteiger partial charge in [-0.15, -0.1) is 0 Å². The van der Waals surface area contributed by atoms with Crippen molar-refractivity contribution in [2.24, 2.45) is 0 Å². The summed E-state index contributed by atoms with van der Waals surface area (Å²) in [6.07, 6.45) is 3.92. The topological polar surface area (TPSA) is 34.6 Å². The van der Waals surface area contributed by atoms with Gasteiger partial charge in [-0.1, -0.05) is 12.1 Å². The molecule has 88 valence electrons. The van der Waals surface area contributed by atoms with Crippen molar-refractivity contribution in [3.63, 3.8) is 0 Å². The van der Waals surface area contributed by atoms with E-state index >= 15 is 0 Å². The molecule has 3 aromatic heterocycles. The number of rotatable bonds is 0. The minimum atomic E-state index is 0.805. The van der Waals surface area contributed by atoms with Gasteiger partial charge in [-0.25, -0.2) is 9.97 Å². The lowest BCUT2D eigenvalue weighted by molar-refractivity contribution is 1.17. The van der Waals surface area contributed by atoms with E-state index in [-0.39, 0.29) is 0 Å². The van der Waals surface area contributed by atoms with Crippen molar-refractivity contribution in [2.75, 3.05) is 0 Å². The predicted molar refractivity (Wildman–Crippen MR) is 76.8 cm³/mol. The quantitative estimate of drug-likeness (QED) is 0.476. The molecule has 0 amide bonds. The summed E-state index contributed by atoms with van der Waals surface area (Å²) in [6.45, 7) is 0. The highest BCUT2D eigenvalue weighted by Gasteiger charge is 2.12. The first-order valence-electron chi connectivity index (χ1n) is 5.34. The molecule has 0 aliphatic heterocycles. The summed E-state index contributed by atoms with van der Waals surface area (Å²) in [5, 5.41) is 0. The van der Waals surface area contributed by atoms with Crippen LogP contribution in [0.5, 0.6) is 0 Å². The van der Waals surface area contributed by atoms with Crippen molar-refractivity contribution >= 4 is 54.2 Å². The highest BCUT2D eigenvalue weighted by Crippen LogP contribution is 2.25. The lowest BCUT2D eigenvalue weighted by Gasteiger charge is -2.04. The Hall–Kier alpha value is -1.40. The second-order valence-corrected chi connectivity index (χ2v) is 5.63. The average molecular weight is 366 g/mol. The van der Waals surface area contributed by atoms with Crippen LogP contribution in [-0.4, -0.2) is 18.8 Å². The zero-order valence-electron chi connectivity index (χ0n) is 9.01. The molecule has 0 aliphatic rings. The summed E-state index contributed by atoms with van der Waals surface area (Å²) >= 11 is 6.84. The minimum Gasteiger partial charge on any atom is -0.294 e. The second kappa shape index (κ2) is 3.55. The summed E-state index contributed by atoms with van der Waals surface area (Å²) in [7, 11) is 0. The minimum absolute atomic E-state index is 0.805. The normalized spacial score (nSPS) is 11.9. The summed E-state index contributed by atoms with van der Waals surface area (Å²) in [5.74, 6) is 0. The number of halogens is 2. The average Bonchev–Trinajstić information content (AvgIpc) is 2.92. The molecule has 0 saturated carbocycles. The van der Waals surface area contributed by atoms with E-state index in [1.54, 1.807) is 0 Å². The first kappa shape index (κ1) is 10.5. The predicted octanol–water partition coefficient (Wildman–Crippen LogP) is 3.66. The van der Waals surface area contributed by atoms with Crippen LogP contribution >= 0.6 is 31.9 Å². The molecule has 18 heavy (non-hydrogen) atoms.